The predicted octanol–water partition coefficient (Wildman–Crippen LogP) is 2.61. The third-order valence-electron chi connectivity index (χ3n) is 3.49. The van der Waals surface area contributed by atoms with Crippen LogP contribution in [-0.2, 0) is 0 Å². The van der Waals surface area contributed by atoms with Crippen molar-refractivity contribution in [1.29, 1.82) is 0 Å². The Labute approximate surface area is 136 Å². The molecule has 5 nitrogen and oxygen atoms in total. The van der Waals surface area contributed by atoms with E-state index in [0.29, 0.717) is 24.5 Å². The van der Waals surface area contributed by atoms with Gasteiger partial charge in [0.2, 0.25) is 0 Å². The zero-order chi connectivity index (χ0) is 16.7. The molecule has 0 saturated carbocycles. The molecule has 0 aliphatic heterocycles. The van der Waals surface area contributed by atoms with E-state index in [0.717, 1.165) is 17.7 Å². The largest absolute Gasteiger partial charge is 0.492 e. The molecule has 1 aromatic heterocycles. The quantitative estimate of drug-likeness (QED) is 0.823. The summed E-state index contributed by atoms with van der Waals surface area (Å²) in [7, 11) is 0. The van der Waals surface area contributed by atoms with Crippen molar-refractivity contribution in [2.45, 2.75) is 26.3 Å². The minimum atomic E-state index is -0.141. The molecule has 1 amide bonds. The molecule has 2 rings (SSSR count). The average Bonchev–Trinajstić information content (AvgIpc) is 2.58. The molecule has 122 valence electrons. The van der Waals surface area contributed by atoms with Gasteiger partial charge in [-0.1, -0.05) is 19.1 Å². The van der Waals surface area contributed by atoms with Crippen molar-refractivity contribution in [2.24, 2.45) is 5.73 Å². The molecule has 23 heavy (non-hydrogen) atoms. The average molecular weight is 313 g/mol. The van der Waals surface area contributed by atoms with Crippen molar-refractivity contribution in [3.8, 4) is 5.75 Å². The molecule has 0 saturated heterocycles. The summed E-state index contributed by atoms with van der Waals surface area (Å²) in [6.45, 7) is 4.87. The van der Waals surface area contributed by atoms with Gasteiger partial charge in [-0.3, -0.25) is 9.78 Å². The van der Waals surface area contributed by atoms with Crippen LogP contribution in [0, 0.1) is 6.92 Å². The van der Waals surface area contributed by atoms with Gasteiger partial charge < -0.3 is 15.8 Å². The third-order valence-corrected chi connectivity index (χ3v) is 3.49. The summed E-state index contributed by atoms with van der Waals surface area (Å²) in [6.07, 6.45) is 2.58. The Morgan fingerprint density at radius 1 is 1.35 bits per heavy atom. The molecule has 5 heteroatoms. The first-order valence-electron chi connectivity index (χ1n) is 7.80. The molecule has 3 N–H and O–H groups in total. The molecule has 0 aliphatic carbocycles. The smallest absolute Gasteiger partial charge is 0.251 e. The normalized spacial score (nSPS) is 11.8. The number of benzene rings is 1. The Morgan fingerprint density at radius 2 is 2.17 bits per heavy atom. The molecule has 1 heterocycles. The maximum absolute atomic E-state index is 12.5. The molecule has 0 radical (unpaired) electrons. The number of nitrogens with two attached hydrogens (primary N) is 1. The number of aromatic nitrogens is 1. The highest BCUT2D eigenvalue weighted by molar-refractivity contribution is 5.94. The van der Waals surface area contributed by atoms with E-state index in [1.165, 1.54) is 0 Å². The highest BCUT2D eigenvalue weighted by Gasteiger charge is 2.15. The summed E-state index contributed by atoms with van der Waals surface area (Å²) >= 11 is 0. The van der Waals surface area contributed by atoms with E-state index in [4.69, 9.17) is 10.5 Å². The highest BCUT2D eigenvalue weighted by atomic mass is 16.5. The Morgan fingerprint density at radius 3 is 2.83 bits per heavy atom. The van der Waals surface area contributed by atoms with Crippen LogP contribution in [0.2, 0.25) is 0 Å². The molecule has 0 aliphatic rings. The van der Waals surface area contributed by atoms with Gasteiger partial charge in [-0.25, -0.2) is 0 Å². The number of hydrogen-bond acceptors (Lipinski definition) is 4. The third kappa shape index (κ3) is 4.79. The van der Waals surface area contributed by atoms with E-state index < -0.39 is 0 Å². The van der Waals surface area contributed by atoms with Crippen LogP contribution >= 0.6 is 0 Å². The summed E-state index contributed by atoms with van der Waals surface area (Å²) in [5.41, 5.74) is 7.94. The van der Waals surface area contributed by atoms with Crippen LogP contribution in [0.3, 0.4) is 0 Å². The minimum Gasteiger partial charge on any atom is -0.492 e. The molecule has 1 aromatic carbocycles. The lowest BCUT2D eigenvalue weighted by molar-refractivity contribution is 0.0934. The standard InChI is InChI=1S/C18H23N3O2/c1-3-16(17-8-7-13(2)12-20-17)21-18(22)14-5-4-6-15(11-14)23-10-9-19/h4-8,11-12,16H,3,9-10,19H2,1-2H3,(H,21,22)/t16-/m0/s1. The van der Waals surface area contributed by atoms with Gasteiger partial charge in [0.15, 0.2) is 0 Å². The topological polar surface area (TPSA) is 77.2 Å². The second-order valence-electron chi connectivity index (χ2n) is 5.36. The van der Waals surface area contributed by atoms with Crippen LogP contribution in [0.4, 0.5) is 0 Å². The SMILES string of the molecule is CC[C@H](NC(=O)c1cccc(OCCN)c1)c1ccc(C)cn1. The number of pyridine rings is 1. The van der Waals surface area contributed by atoms with Crippen LogP contribution in [0.15, 0.2) is 42.6 Å². The van der Waals surface area contributed by atoms with Gasteiger partial charge >= 0.3 is 0 Å². The summed E-state index contributed by atoms with van der Waals surface area (Å²) in [6, 6.07) is 10.9. The van der Waals surface area contributed by atoms with Crippen molar-refractivity contribution in [2.75, 3.05) is 13.2 Å². The minimum absolute atomic E-state index is 0.114. The van der Waals surface area contributed by atoms with Gasteiger partial charge in [0.05, 0.1) is 11.7 Å². The summed E-state index contributed by atoms with van der Waals surface area (Å²) in [5.74, 6) is 0.502. The monoisotopic (exact) mass is 313 g/mol. The Balaban J connectivity index is 2.08. The first-order chi connectivity index (χ1) is 11.1. The number of carbonyl (C=O) groups excluding carboxylic acids is 1. The van der Waals surface area contributed by atoms with E-state index in [1.807, 2.05) is 38.2 Å². The molecular weight excluding hydrogens is 290 g/mol. The fraction of sp³-hybridized carbons (Fsp3) is 0.333. The first kappa shape index (κ1) is 17.0. The van der Waals surface area contributed by atoms with Crippen LogP contribution in [0.5, 0.6) is 5.75 Å². The number of rotatable bonds is 7. The van der Waals surface area contributed by atoms with Crippen molar-refractivity contribution in [3.63, 3.8) is 0 Å². The number of hydrogen-bond donors (Lipinski definition) is 2. The molecule has 0 bridgehead atoms. The molecule has 0 unspecified atom stereocenters. The predicted molar refractivity (Wildman–Crippen MR) is 90.5 cm³/mol. The van der Waals surface area contributed by atoms with Crippen LogP contribution < -0.4 is 15.8 Å². The summed E-state index contributed by atoms with van der Waals surface area (Å²) < 4.78 is 5.46. The maximum Gasteiger partial charge on any atom is 0.251 e. The van der Waals surface area contributed by atoms with E-state index in [9.17, 15) is 4.79 Å². The van der Waals surface area contributed by atoms with Gasteiger partial charge in [-0.15, -0.1) is 0 Å². The Bertz CT molecular complexity index is 641. The zero-order valence-corrected chi connectivity index (χ0v) is 13.6. The van der Waals surface area contributed by atoms with Gasteiger partial charge in [-0.2, -0.15) is 0 Å². The van der Waals surface area contributed by atoms with Crippen molar-refractivity contribution in [3.05, 3.63) is 59.4 Å². The number of carbonyl (C=O) groups is 1. The van der Waals surface area contributed by atoms with Crippen LogP contribution in [-0.4, -0.2) is 24.0 Å². The number of nitrogens with zero attached hydrogens (tertiary/aromatic N) is 1. The van der Waals surface area contributed by atoms with Crippen LogP contribution in [0.1, 0.15) is 41.0 Å². The van der Waals surface area contributed by atoms with Crippen molar-refractivity contribution >= 4 is 5.91 Å². The number of ether oxygens (including phenoxy) is 1. The fourth-order valence-electron chi connectivity index (χ4n) is 2.22. The second-order valence-corrected chi connectivity index (χ2v) is 5.36. The Hall–Kier alpha value is -2.40. The lowest BCUT2D eigenvalue weighted by atomic mass is 10.1. The number of amides is 1. The van der Waals surface area contributed by atoms with Crippen molar-refractivity contribution < 1.29 is 9.53 Å². The zero-order valence-electron chi connectivity index (χ0n) is 13.6. The number of nitrogens with one attached hydrogen (secondary N) is 1. The van der Waals surface area contributed by atoms with E-state index in [1.54, 1.807) is 18.2 Å². The van der Waals surface area contributed by atoms with Gasteiger partial charge in [0, 0.05) is 18.3 Å². The van der Waals surface area contributed by atoms with E-state index in [-0.39, 0.29) is 11.9 Å². The van der Waals surface area contributed by atoms with Crippen molar-refractivity contribution in [1.82, 2.24) is 10.3 Å². The molecule has 0 fully saturated rings. The fourth-order valence-corrected chi connectivity index (χ4v) is 2.22. The lowest BCUT2D eigenvalue weighted by Gasteiger charge is -2.17. The molecule has 0 spiro atoms. The van der Waals surface area contributed by atoms with Gasteiger partial charge in [0.1, 0.15) is 12.4 Å². The van der Waals surface area contributed by atoms with Gasteiger partial charge in [0.25, 0.3) is 5.91 Å². The van der Waals surface area contributed by atoms with Crippen LogP contribution in [0.25, 0.3) is 0 Å². The summed E-state index contributed by atoms with van der Waals surface area (Å²) in [4.78, 5) is 16.9. The van der Waals surface area contributed by atoms with E-state index >= 15 is 0 Å². The maximum atomic E-state index is 12.5. The number of aryl methyl sites for hydroxylation is 1. The summed E-state index contributed by atoms with van der Waals surface area (Å²) in [5, 5.41) is 3.02. The van der Waals surface area contributed by atoms with Gasteiger partial charge in [-0.05, 0) is 43.2 Å². The second kappa shape index (κ2) is 8.29. The highest BCUT2D eigenvalue weighted by Crippen LogP contribution is 2.17. The molecule has 1 atom stereocenters. The molecular formula is C18H23N3O2. The lowest BCUT2D eigenvalue weighted by Crippen LogP contribution is -2.28. The first-order valence-corrected chi connectivity index (χ1v) is 7.80. The van der Waals surface area contributed by atoms with E-state index in [2.05, 4.69) is 10.3 Å². The Kier molecular flexibility index (Phi) is 6.11. The molecule has 2 aromatic rings.